The summed E-state index contributed by atoms with van der Waals surface area (Å²) >= 11 is 0. The van der Waals surface area contributed by atoms with Gasteiger partial charge in [0.1, 0.15) is 5.69 Å². The predicted molar refractivity (Wildman–Crippen MR) is 110 cm³/mol. The second kappa shape index (κ2) is 9.35. The largest absolute Gasteiger partial charge is 0.416 e. The van der Waals surface area contributed by atoms with Crippen LogP contribution in [0.1, 0.15) is 33.0 Å². The van der Waals surface area contributed by atoms with Gasteiger partial charge in [-0.2, -0.15) is 23.4 Å². The number of hydrogen-bond donors (Lipinski definition) is 1. The Bertz CT molecular complexity index is 1180. The van der Waals surface area contributed by atoms with Crippen LogP contribution in [-0.2, 0) is 24.0 Å². The van der Waals surface area contributed by atoms with E-state index in [0.29, 0.717) is 11.4 Å². The van der Waals surface area contributed by atoms with E-state index in [2.05, 4.69) is 15.5 Å². The standard InChI is InChI=1S/C21H22F3N5O3/c1-13-10-14(2)29(26-13)16-5-4-15(17(11-16)21(22,23)24)12-25-20(31)18-6-7-19(30)28(27-18)8-9-32-3/h4-7,10-11H,8-9,12H2,1-3H3,(H,25,31). The normalized spacial score (nSPS) is 11.6. The van der Waals surface area contributed by atoms with Crippen LogP contribution < -0.4 is 10.9 Å². The van der Waals surface area contributed by atoms with Crippen molar-refractivity contribution >= 4 is 5.91 Å². The van der Waals surface area contributed by atoms with Gasteiger partial charge in [-0.05, 0) is 43.7 Å². The lowest BCUT2D eigenvalue weighted by Crippen LogP contribution is -2.30. The van der Waals surface area contributed by atoms with Crippen molar-refractivity contribution in [2.75, 3.05) is 13.7 Å². The molecule has 2 aromatic heterocycles. The molecule has 0 fully saturated rings. The molecule has 3 rings (SSSR count). The molecule has 1 amide bonds. The van der Waals surface area contributed by atoms with E-state index in [4.69, 9.17) is 4.74 Å². The first kappa shape index (κ1) is 23.2. The van der Waals surface area contributed by atoms with Crippen molar-refractivity contribution in [3.05, 3.63) is 75.0 Å². The van der Waals surface area contributed by atoms with Crippen LogP contribution in [0.4, 0.5) is 13.2 Å². The quantitative estimate of drug-likeness (QED) is 0.599. The number of ether oxygens (including phenoxy) is 1. The molecule has 2 heterocycles. The highest BCUT2D eigenvalue weighted by Gasteiger charge is 2.34. The van der Waals surface area contributed by atoms with Crippen LogP contribution in [0, 0.1) is 13.8 Å². The van der Waals surface area contributed by atoms with Crippen molar-refractivity contribution in [3.63, 3.8) is 0 Å². The van der Waals surface area contributed by atoms with Crippen LogP contribution in [0.15, 0.2) is 41.2 Å². The van der Waals surface area contributed by atoms with E-state index < -0.39 is 23.2 Å². The second-order valence-electron chi connectivity index (χ2n) is 7.13. The smallest absolute Gasteiger partial charge is 0.383 e. The van der Waals surface area contributed by atoms with Gasteiger partial charge in [0, 0.05) is 25.4 Å². The maximum Gasteiger partial charge on any atom is 0.416 e. The maximum absolute atomic E-state index is 13.7. The minimum Gasteiger partial charge on any atom is -0.383 e. The second-order valence-corrected chi connectivity index (χ2v) is 7.13. The monoisotopic (exact) mass is 449 g/mol. The Morgan fingerprint density at radius 3 is 2.50 bits per heavy atom. The van der Waals surface area contributed by atoms with Gasteiger partial charge in [-0.15, -0.1) is 0 Å². The number of nitrogens with zero attached hydrogens (tertiary/aromatic N) is 4. The Morgan fingerprint density at radius 1 is 1.12 bits per heavy atom. The number of alkyl halides is 3. The van der Waals surface area contributed by atoms with Crippen molar-refractivity contribution in [2.24, 2.45) is 0 Å². The van der Waals surface area contributed by atoms with Crippen molar-refractivity contribution < 1.29 is 22.7 Å². The first-order valence-electron chi connectivity index (χ1n) is 9.69. The fraction of sp³-hybridized carbons (Fsp3) is 0.333. The fourth-order valence-corrected chi connectivity index (χ4v) is 3.18. The van der Waals surface area contributed by atoms with E-state index in [1.807, 2.05) is 0 Å². The van der Waals surface area contributed by atoms with Crippen LogP contribution in [-0.4, -0.2) is 39.2 Å². The molecule has 0 atom stereocenters. The fourth-order valence-electron chi connectivity index (χ4n) is 3.18. The molecule has 8 nitrogen and oxygen atoms in total. The summed E-state index contributed by atoms with van der Waals surface area (Å²) < 4.78 is 48.5. The number of aromatic nitrogens is 4. The third kappa shape index (κ3) is 5.22. The summed E-state index contributed by atoms with van der Waals surface area (Å²) in [5.41, 5.74) is 0.166. The molecule has 0 saturated heterocycles. The van der Waals surface area contributed by atoms with Crippen LogP contribution in [0.5, 0.6) is 0 Å². The van der Waals surface area contributed by atoms with Crippen molar-refractivity contribution in [3.8, 4) is 5.69 Å². The van der Waals surface area contributed by atoms with Gasteiger partial charge < -0.3 is 10.1 Å². The number of rotatable bonds is 7. The van der Waals surface area contributed by atoms with Crippen LogP contribution in [0.2, 0.25) is 0 Å². The molecule has 0 aliphatic carbocycles. The molecule has 11 heteroatoms. The Kier molecular flexibility index (Phi) is 6.78. The van der Waals surface area contributed by atoms with Gasteiger partial charge in [0.2, 0.25) is 0 Å². The van der Waals surface area contributed by atoms with E-state index >= 15 is 0 Å². The number of amides is 1. The molecule has 0 spiro atoms. The highest BCUT2D eigenvalue weighted by atomic mass is 19.4. The van der Waals surface area contributed by atoms with Gasteiger partial charge in [-0.25, -0.2) is 9.36 Å². The zero-order valence-corrected chi connectivity index (χ0v) is 17.7. The van der Waals surface area contributed by atoms with E-state index in [9.17, 15) is 22.8 Å². The van der Waals surface area contributed by atoms with Gasteiger partial charge in [0.25, 0.3) is 11.5 Å². The maximum atomic E-state index is 13.7. The highest BCUT2D eigenvalue weighted by molar-refractivity contribution is 5.91. The Morgan fingerprint density at radius 2 is 1.88 bits per heavy atom. The Labute approximate surface area is 181 Å². The third-order valence-electron chi connectivity index (χ3n) is 4.70. The van der Waals surface area contributed by atoms with E-state index in [1.165, 1.54) is 36.1 Å². The van der Waals surface area contributed by atoms with Gasteiger partial charge in [-0.3, -0.25) is 9.59 Å². The summed E-state index contributed by atoms with van der Waals surface area (Å²) in [6.07, 6.45) is -4.63. The minimum atomic E-state index is -4.63. The molecule has 0 aliphatic heterocycles. The number of nitrogens with one attached hydrogen (secondary N) is 1. The lowest BCUT2D eigenvalue weighted by molar-refractivity contribution is -0.138. The Hall–Kier alpha value is -3.47. The number of benzene rings is 1. The summed E-state index contributed by atoms with van der Waals surface area (Å²) in [6, 6.07) is 7.98. The van der Waals surface area contributed by atoms with Crippen molar-refractivity contribution in [1.29, 1.82) is 0 Å². The van der Waals surface area contributed by atoms with Crippen LogP contribution >= 0.6 is 0 Å². The molecule has 0 unspecified atom stereocenters. The Balaban J connectivity index is 1.83. The molecule has 1 N–H and O–H groups in total. The average Bonchev–Trinajstić information content (AvgIpc) is 3.08. The molecular formula is C21H22F3N5O3. The summed E-state index contributed by atoms with van der Waals surface area (Å²) in [4.78, 5) is 24.2. The highest BCUT2D eigenvalue weighted by Crippen LogP contribution is 2.33. The number of hydrogen-bond acceptors (Lipinski definition) is 5. The number of halogens is 3. The lowest BCUT2D eigenvalue weighted by atomic mass is 10.1. The van der Waals surface area contributed by atoms with Crippen LogP contribution in [0.3, 0.4) is 0 Å². The number of aryl methyl sites for hydroxylation is 2. The number of carbonyl (C=O) groups excluding carboxylic acids is 1. The first-order valence-corrected chi connectivity index (χ1v) is 9.69. The molecule has 170 valence electrons. The first-order chi connectivity index (χ1) is 15.1. The van der Waals surface area contributed by atoms with E-state index in [-0.39, 0.29) is 36.6 Å². The van der Waals surface area contributed by atoms with Crippen molar-refractivity contribution in [2.45, 2.75) is 33.1 Å². The van der Waals surface area contributed by atoms with Gasteiger partial charge in [-0.1, -0.05) is 6.07 Å². The predicted octanol–water partition coefficient (Wildman–Crippen LogP) is 2.64. The van der Waals surface area contributed by atoms with Crippen LogP contribution in [0.25, 0.3) is 5.69 Å². The summed E-state index contributed by atoms with van der Waals surface area (Å²) in [6.45, 7) is 3.49. The molecule has 0 aliphatic rings. The van der Waals surface area contributed by atoms with Gasteiger partial charge >= 0.3 is 6.18 Å². The molecular weight excluding hydrogens is 427 g/mol. The molecule has 3 aromatic rings. The molecule has 0 saturated carbocycles. The molecule has 1 aromatic carbocycles. The average molecular weight is 449 g/mol. The van der Waals surface area contributed by atoms with E-state index in [1.54, 1.807) is 19.9 Å². The number of carbonyl (C=O) groups is 1. The van der Waals surface area contributed by atoms with Crippen molar-refractivity contribution in [1.82, 2.24) is 24.9 Å². The lowest BCUT2D eigenvalue weighted by Gasteiger charge is -2.16. The summed E-state index contributed by atoms with van der Waals surface area (Å²) in [7, 11) is 1.46. The zero-order chi connectivity index (χ0) is 23.5. The summed E-state index contributed by atoms with van der Waals surface area (Å²) in [5.74, 6) is -0.702. The number of methoxy groups -OCH3 is 1. The SMILES string of the molecule is COCCn1nc(C(=O)NCc2ccc(-n3nc(C)cc3C)cc2C(F)(F)F)ccc1=O. The topological polar surface area (TPSA) is 91.0 Å². The van der Waals surface area contributed by atoms with E-state index in [0.717, 1.165) is 10.7 Å². The molecule has 0 radical (unpaired) electrons. The molecule has 0 bridgehead atoms. The molecule has 32 heavy (non-hydrogen) atoms. The van der Waals surface area contributed by atoms with Gasteiger partial charge in [0.15, 0.2) is 0 Å². The summed E-state index contributed by atoms with van der Waals surface area (Å²) in [5, 5.41) is 10.6. The van der Waals surface area contributed by atoms with Gasteiger partial charge in [0.05, 0.1) is 30.1 Å². The third-order valence-corrected chi connectivity index (χ3v) is 4.70. The minimum absolute atomic E-state index is 0.0893. The zero-order valence-electron chi connectivity index (χ0n) is 17.7.